The molecule has 1 aliphatic rings. The largest absolute Gasteiger partial charge is 0.389 e. The molecule has 7 heteroatoms. The van der Waals surface area contributed by atoms with E-state index in [1.54, 1.807) is 0 Å². The van der Waals surface area contributed by atoms with Crippen molar-refractivity contribution in [1.29, 1.82) is 0 Å². The number of carbonyl (C=O) groups is 1. The van der Waals surface area contributed by atoms with Crippen molar-refractivity contribution >= 4 is 5.91 Å². The van der Waals surface area contributed by atoms with Crippen LogP contribution in [0, 0.1) is 0 Å². The van der Waals surface area contributed by atoms with Gasteiger partial charge in [-0.25, -0.2) is 0 Å². The highest BCUT2D eigenvalue weighted by molar-refractivity contribution is 5.86. The smallest absolute Gasteiger partial charge is 0.379 e. The third kappa shape index (κ3) is 4.91. The molecular weight excluding hydrogens is 237 g/mol. The number of alkyl halides is 3. The first-order chi connectivity index (χ1) is 7.83. The predicted octanol–water partition coefficient (Wildman–Crippen LogP) is 0.953. The van der Waals surface area contributed by atoms with Crippen LogP contribution in [-0.2, 0) is 9.53 Å². The number of unbranched alkanes of at least 4 members (excludes halogenated alkanes) is 1. The average molecular weight is 254 g/mol. The van der Waals surface area contributed by atoms with E-state index in [4.69, 9.17) is 10.5 Å². The van der Waals surface area contributed by atoms with Crippen LogP contribution in [0.25, 0.3) is 0 Å². The van der Waals surface area contributed by atoms with Crippen LogP contribution in [0.4, 0.5) is 13.2 Å². The van der Waals surface area contributed by atoms with Gasteiger partial charge < -0.3 is 15.8 Å². The van der Waals surface area contributed by atoms with Crippen LogP contribution in [0.5, 0.6) is 0 Å². The van der Waals surface area contributed by atoms with Gasteiger partial charge in [0.05, 0.1) is 6.61 Å². The van der Waals surface area contributed by atoms with Gasteiger partial charge in [0.1, 0.15) is 5.54 Å². The van der Waals surface area contributed by atoms with Crippen LogP contribution in [0.15, 0.2) is 0 Å². The van der Waals surface area contributed by atoms with Gasteiger partial charge in [-0.05, 0) is 19.3 Å². The highest BCUT2D eigenvalue weighted by atomic mass is 19.4. The molecule has 1 aliphatic heterocycles. The Morgan fingerprint density at radius 1 is 1.41 bits per heavy atom. The predicted molar refractivity (Wildman–Crippen MR) is 55.3 cm³/mol. The zero-order chi connectivity index (χ0) is 12.9. The Hall–Kier alpha value is -0.820. The minimum Gasteiger partial charge on any atom is -0.379 e. The topological polar surface area (TPSA) is 64.4 Å². The molecule has 0 aromatic heterocycles. The standard InChI is InChI=1S/C10H17F3N2O2/c11-10(12,13)3-1-2-5-15-8(16)9(14)4-6-17-7-9/h1-7,14H2,(H,15,16). The van der Waals surface area contributed by atoms with Gasteiger partial charge in [0.2, 0.25) is 5.91 Å². The Morgan fingerprint density at radius 3 is 2.65 bits per heavy atom. The monoisotopic (exact) mass is 254 g/mol. The normalized spacial score (nSPS) is 24.9. The van der Waals surface area contributed by atoms with Crippen molar-refractivity contribution in [3.05, 3.63) is 0 Å². The van der Waals surface area contributed by atoms with E-state index in [1.807, 2.05) is 0 Å². The molecule has 3 N–H and O–H groups in total. The second-order valence-electron chi connectivity index (χ2n) is 4.29. The Bertz CT molecular complexity index is 263. The summed E-state index contributed by atoms with van der Waals surface area (Å²) in [5.41, 5.74) is 4.76. The lowest BCUT2D eigenvalue weighted by molar-refractivity contribution is -0.135. The molecule has 1 heterocycles. The average Bonchev–Trinajstić information content (AvgIpc) is 2.64. The van der Waals surface area contributed by atoms with E-state index >= 15 is 0 Å². The molecule has 17 heavy (non-hydrogen) atoms. The Balaban J connectivity index is 2.12. The zero-order valence-electron chi connectivity index (χ0n) is 9.48. The number of carbonyl (C=O) groups excluding carboxylic acids is 1. The molecule has 1 fully saturated rings. The molecule has 0 aliphatic carbocycles. The minimum atomic E-state index is -4.13. The second-order valence-corrected chi connectivity index (χ2v) is 4.29. The number of hydrogen-bond acceptors (Lipinski definition) is 3. The summed E-state index contributed by atoms with van der Waals surface area (Å²) in [6, 6.07) is 0. The number of rotatable bonds is 5. The third-order valence-electron chi connectivity index (χ3n) is 2.68. The maximum atomic E-state index is 11.8. The molecule has 0 saturated carbocycles. The van der Waals surface area contributed by atoms with Crippen molar-refractivity contribution in [3.63, 3.8) is 0 Å². The van der Waals surface area contributed by atoms with Crippen LogP contribution in [-0.4, -0.2) is 37.4 Å². The zero-order valence-corrected chi connectivity index (χ0v) is 9.48. The van der Waals surface area contributed by atoms with Crippen LogP contribution in [0.3, 0.4) is 0 Å². The minimum absolute atomic E-state index is 0.0118. The number of halogens is 3. The number of nitrogens with two attached hydrogens (primary N) is 1. The molecular formula is C10H17F3N2O2. The number of hydrogen-bond donors (Lipinski definition) is 2. The lowest BCUT2D eigenvalue weighted by Gasteiger charge is -2.20. The number of amides is 1. The lowest BCUT2D eigenvalue weighted by Crippen LogP contribution is -2.54. The Kier molecular flexibility index (Phi) is 4.76. The van der Waals surface area contributed by atoms with Gasteiger partial charge >= 0.3 is 6.18 Å². The number of ether oxygens (including phenoxy) is 1. The molecule has 1 unspecified atom stereocenters. The summed E-state index contributed by atoms with van der Waals surface area (Å²) in [7, 11) is 0. The van der Waals surface area contributed by atoms with Crippen LogP contribution in [0.2, 0.25) is 0 Å². The summed E-state index contributed by atoms with van der Waals surface area (Å²) in [4.78, 5) is 11.6. The van der Waals surface area contributed by atoms with Gasteiger partial charge in [0.25, 0.3) is 0 Å². The van der Waals surface area contributed by atoms with Gasteiger partial charge in [0.15, 0.2) is 0 Å². The van der Waals surface area contributed by atoms with E-state index < -0.39 is 18.1 Å². The molecule has 0 bridgehead atoms. The highest BCUT2D eigenvalue weighted by Crippen LogP contribution is 2.22. The van der Waals surface area contributed by atoms with E-state index in [1.165, 1.54) is 0 Å². The summed E-state index contributed by atoms with van der Waals surface area (Å²) in [6.07, 6.45) is -4.19. The van der Waals surface area contributed by atoms with Gasteiger partial charge in [-0.2, -0.15) is 13.2 Å². The maximum Gasteiger partial charge on any atom is 0.389 e. The molecule has 0 radical (unpaired) electrons. The summed E-state index contributed by atoms with van der Waals surface area (Å²) in [5.74, 6) is -0.345. The SMILES string of the molecule is NC1(C(=O)NCCCCC(F)(F)F)CCOC1. The molecule has 1 amide bonds. The van der Waals surface area contributed by atoms with E-state index in [0.717, 1.165) is 0 Å². The van der Waals surface area contributed by atoms with Gasteiger partial charge in [-0.15, -0.1) is 0 Å². The van der Waals surface area contributed by atoms with Crippen LogP contribution < -0.4 is 11.1 Å². The first kappa shape index (κ1) is 14.2. The summed E-state index contributed by atoms with van der Waals surface area (Å²) < 4.78 is 40.5. The molecule has 4 nitrogen and oxygen atoms in total. The van der Waals surface area contributed by atoms with Crippen molar-refractivity contribution in [2.75, 3.05) is 19.8 Å². The molecule has 1 atom stereocenters. The fourth-order valence-electron chi connectivity index (χ4n) is 1.59. The fourth-order valence-corrected chi connectivity index (χ4v) is 1.59. The summed E-state index contributed by atoms with van der Waals surface area (Å²) >= 11 is 0. The first-order valence-corrected chi connectivity index (χ1v) is 5.55. The van der Waals surface area contributed by atoms with Crippen molar-refractivity contribution in [3.8, 4) is 0 Å². The number of nitrogens with one attached hydrogen (secondary N) is 1. The Morgan fingerprint density at radius 2 is 2.12 bits per heavy atom. The quantitative estimate of drug-likeness (QED) is 0.718. The molecule has 0 aromatic carbocycles. The van der Waals surface area contributed by atoms with Crippen LogP contribution >= 0.6 is 0 Å². The van der Waals surface area contributed by atoms with Crippen molar-refractivity contribution in [2.24, 2.45) is 5.73 Å². The van der Waals surface area contributed by atoms with Crippen molar-refractivity contribution in [1.82, 2.24) is 5.32 Å². The lowest BCUT2D eigenvalue weighted by atomic mass is 9.99. The molecule has 0 aromatic rings. The van der Waals surface area contributed by atoms with E-state index in [-0.39, 0.29) is 25.5 Å². The fraction of sp³-hybridized carbons (Fsp3) is 0.900. The van der Waals surface area contributed by atoms with Gasteiger partial charge in [-0.3, -0.25) is 4.79 Å². The third-order valence-corrected chi connectivity index (χ3v) is 2.68. The van der Waals surface area contributed by atoms with E-state index in [9.17, 15) is 18.0 Å². The maximum absolute atomic E-state index is 11.8. The summed E-state index contributed by atoms with van der Waals surface area (Å²) in [5, 5.41) is 2.54. The van der Waals surface area contributed by atoms with Crippen molar-refractivity contribution in [2.45, 2.75) is 37.4 Å². The van der Waals surface area contributed by atoms with E-state index in [0.29, 0.717) is 19.4 Å². The Labute approximate surface area is 97.7 Å². The van der Waals surface area contributed by atoms with Crippen LogP contribution in [0.1, 0.15) is 25.7 Å². The second kappa shape index (κ2) is 5.68. The summed E-state index contributed by atoms with van der Waals surface area (Å²) in [6.45, 7) is 0.827. The van der Waals surface area contributed by atoms with Crippen molar-refractivity contribution < 1.29 is 22.7 Å². The molecule has 1 rings (SSSR count). The highest BCUT2D eigenvalue weighted by Gasteiger charge is 2.37. The molecule has 0 spiro atoms. The van der Waals surface area contributed by atoms with E-state index in [2.05, 4.69) is 5.32 Å². The first-order valence-electron chi connectivity index (χ1n) is 5.55. The molecule has 100 valence electrons. The van der Waals surface area contributed by atoms with Gasteiger partial charge in [0, 0.05) is 19.6 Å². The molecule has 1 saturated heterocycles. The van der Waals surface area contributed by atoms with Gasteiger partial charge in [-0.1, -0.05) is 0 Å².